The lowest BCUT2D eigenvalue weighted by Gasteiger charge is -2.07. The maximum Gasteiger partial charge on any atom is 0.194 e. The second-order valence-corrected chi connectivity index (χ2v) is 3.71. The van der Waals surface area contributed by atoms with E-state index in [0.29, 0.717) is 11.3 Å². The third-order valence-electron chi connectivity index (χ3n) is 2.55. The molecule has 0 bridgehead atoms. The van der Waals surface area contributed by atoms with Crippen molar-refractivity contribution in [2.45, 2.75) is 6.42 Å². The van der Waals surface area contributed by atoms with Gasteiger partial charge < -0.3 is 5.73 Å². The Hall–Kier alpha value is -1.97. The van der Waals surface area contributed by atoms with Gasteiger partial charge in [-0.2, -0.15) is 0 Å². The van der Waals surface area contributed by atoms with Gasteiger partial charge in [-0.3, -0.25) is 0 Å². The summed E-state index contributed by atoms with van der Waals surface area (Å²) in [7, 11) is 0. The van der Waals surface area contributed by atoms with Crippen LogP contribution in [0.1, 0.15) is 11.1 Å². The molecule has 0 unspecified atom stereocenters. The molecule has 2 aromatic carbocycles. The molecule has 2 aromatic rings. The van der Waals surface area contributed by atoms with Gasteiger partial charge in [-0.15, -0.1) is 0 Å². The van der Waals surface area contributed by atoms with Crippen molar-refractivity contribution in [3.8, 4) is 0 Å². The van der Waals surface area contributed by atoms with Crippen LogP contribution in [0.5, 0.6) is 0 Å². The molecule has 0 fully saturated rings. The number of anilines is 1. The lowest BCUT2D eigenvalue weighted by molar-refractivity contribution is 0.442. The first-order valence-electron chi connectivity index (χ1n) is 5.05. The lowest BCUT2D eigenvalue weighted by atomic mass is 10.0. The number of halogens is 3. The number of nitrogen functional groups attached to an aromatic ring is 1. The van der Waals surface area contributed by atoms with Crippen molar-refractivity contribution in [2.75, 3.05) is 5.73 Å². The van der Waals surface area contributed by atoms with Crippen LogP contribution in [0, 0.1) is 17.5 Å². The summed E-state index contributed by atoms with van der Waals surface area (Å²) in [5, 5.41) is 0. The van der Waals surface area contributed by atoms with Gasteiger partial charge in [-0.1, -0.05) is 24.3 Å². The number of rotatable bonds is 2. The topological polar surface area (TPSA) is 26.0 Å². The molecule has 17 heavy (non-hydrogen) atoms. The fraction of sp³-hybridized carbons (Fsp3) is 0.0769. The zero-order valence-corrected chi connectivity index (χ0v) is 8.88. The summed E-state index contributed by atoms with van der Waals surface area (Å²) in [5.41, 5.74) is 6.96. The second kappa shape index (κ2) is 4.49. The van der Waals surface area contributed by atoms with Crippen molar-refractivity contribution >= 4 is 5.69 Å². The maximum absolute atomic E-state index is 13.4. The lowest BCUT2D eigenvalue weighted by Crippen LogP contribution is -2.01. The first kappa shape index (κ1) is 11.5. The predicted molar refractivity (Wildman–Crippen MR) is 60.0 cm³/mol. The van der Waals surface area contributed by atoms with Gasteiger partial charge in [0.1, 0.15) is 0 Å². The Morgan fingerprint density at radius 2 is 1.53 bits per heavy atom. The van der Waals surface area contributed by atoms with Gasteiger partial charge in [-0.05, 0) is 23.3 Å². The van der Waals surface area contributed by atoms with Crippen LogP contribution < -0.4 is 5.73 Å². The van der Waals surface area contributed by atoms with E-state index in [1.807, 2.05) is 0 Å². The molecule has 0 aliphatic rings. The van der Waals surface area contributed by atoms with Crippen LogP contribution in [0.15, 0.2) is 36.4 Å². The first-order chi connectivity index (χ1) is 8.09. The summed E-state index contributed by atoms with van der Waals surface area (Å²) in [6.07, 6.45) is 0.135. The average Bonchev–Trinajstić information content (AvgIpc) is 2.32. The van der Waals surface area contributed by atoms with Gasteiger partial charge in [0.05, 0.1) is 0 Å². The summed E-state index contributed by atoms with van der Waals surface area (Å²) >= 11 is 0. The Balaban J connectivity index is 2.38. The SMILES string of the molecule is Nc1ccccc1Cc1ccc(F)c(F)c1F. The summed E-state index contributed by atoms with van der Waals surface area (Å²) in [6, 6.07) is 9.03. The van der Waals surface area contributed by atoms with Crippen LogP contribution in [0.3, 0.4) is 0 Å². The minimum absolute atomic E-state index is 0.0850. The normalized spacial score (nSPS) is 10.5. The number of para-hydroxylation sites is 1. The summed E-state index contributed by atoms with van der Waals surface area (Å²) < 4.78 is 39.2. The molecule has 0 heterocycles. The van der Waals surface area contributed by atoms with E-state index in [0.717, 1.165) is 6.07 Å². The third kappa shape index (κ3) is 2.25. The van der Waals surface area contributed by atoms with Crippen LogP contribution >= 0.6 is 0 Å². The van der Waals surface area contributed by atoms with Gasteiger partial charge in [0.25, 0.3) is 0 Å². The Bertz CT molecular complexity index is 552. The van der Waals surface area contributed by atoms with Crippen molar-refractivity contribution < 1.29 is 13.2 Å². The number of nitrogens with two attached hydrogens (primary N) is 1. The van der Waals surface area contributed by atoms with E-state index in [1.165, 1.54) is 6.07 Å². The fourth-order valence-electron chi connectivity index (χ4n) is 1.60. The van der Waals surface area contributed by atoms with Gasteiger partial charge in [0.2, 0.25) is 0 Å². The summed E-state index contributed by atoms with van der Waals surface area (Å²) in [5.74, 6) is -3.79. The molecule has 0 aliphatic carbocycles. The van der Waals surface area contributed by atoms with Crippen LogP contribution in [-0.2, 0) is 6.42 Å². The highest BCUT2D eigenvalue weighted by Crippen LogP contribution is 2.21. The average molecular weight is 237 g/mol. The highest BCUT2D eigenvalue weighted by molar-refractivity contribution is 5.48. The number of benzene rings is 2. The minimum atomic E-state index is -1.45. The molecule has 0 spiro atoms. The monoisotopic (exact) mass is 237 g/mol. The smallest absolute Gasteiger partial charge is 0.194 e. The van der Waals surface area contributed by atoms with Crippen LogP contribution in [0.2, 0.25) is 0 Å². The zero-order valence-electron chi connectivity index (χ0n) is 8.88. The molecule has 4 heteroatoms. The number of hydrogen-bond donors (Lipinski definition) is 1. The Morgan fingerprint density at radius 3 is 2.24 bits per heavy atom. The molecule has 0 aliphatic heterocycles. The van der Waals surface area contributed by atoms with Crippen LogP contribution in [0.25, 0.3) is 0 Å². The fourth-order valence-corrected chi connectivity index (χ4v) is 1.60. The third-order valence-corrected chi connectivity index (χ3v) is 2.55. The van der Waals surface area contributed by atoms with E-state index in [9.17, 15) is 13.2 Å². The quantitative estimate of drug-likeness (QED) is 0.629. The van der Waals surface area contributed by atoms with Crippen molar-refractivity contribution in [1.29, 1.82) is 0 Å². The molecule has 88 valence electrons. The van der Waals surface area contributed by atoms with Gasteiger partial charge >= 0.3 is 0 Å². The van der Waals surface area contributed by atoms with E-state index in [1.54, 1.807) is 24.3 Å². The van der Waals surface area contributed by atoms with Crippen molar-refractivity contribution in [1.82, 2.24) is 0 Å². The maximum atomic E-state index is 13.4. The Morgan fingerprint density at radius 1 is 0.824 bits per heavy atom. The van der Waals surface area contributed by atoms with E-state index >= 15 is 0 Å². The predicted octanol–water partition coefficient (Wildman–Crippen LogP) is 3.28. The molecule has 0 saturated carbocycles. The van der Waals surface area contributed by atoms with E-state index in [2.05, 4.69) is 0 Å². The highest BCUT2D eigenvalue weighted by Gasteiger charge is 2.14. The van der Waals surface area contributed by atoms with Gasteiger partial charge in [0.15, 0.2) is 17.5 Å². The highest BCUT2D eigenvalue weighted by atomic mass is 19.2. The summed E-state index contributed by atoms with van der Waals surface area (Å²) in [6.45, 7) is 0. The van der Waals surface area contributed by atoms with E-state index < -0.39 is 17.5 Å². The molecule has 0 saturated heterocycles. The molecule has 0 aromatic heterocycles. The van der Waals surface area contributed by atoms with Crippen molar-refractivity contribution in [3.63, 3.8) is 0 Å². The zero-order chi connectivity index (χ0) is 12.4. The van der Waals surface area contributed by atoms with Crippen LogP contribution in [-0.4, -0.2) is 0 Å². The van der Waals surface area contributed by atoms with Gasteiger partial charge in [0, 0.05) is 12.1 Å². The van der Waals surface area contributed by atoms with E-state index in [4.69, 9.17) is 5.73 Å². The Kier molecular flexibility index (Phi) is 3.04. The molecule has 0 radical (unpaired) electrons. The Labute approximate surface area is 96.7 Å². The molecular weight excluding hydrogens is 227 g/mol. The largest absolute Gasteiger partial charge is 0.398 e. The first-order valence-corrected chi connectivity index (χ1v) is 5.05. The molecule has 1 nitrogen and oxygen atoms in total. The molecule has 0 atom stereocenters. The van der Waals surface area contributed by atoms with Gasteiger partial charge in [-0.25, -0.2) is 13.2 Å². The number of hydrogen-bond acceptors (Lipinski definition) is 1. The minimum Gasteiger partial charge on any atom is -0.398 e. The van der Waals surface area contributed by atoms with Crippen molar-refractivity contribution in [3.05, 3.63) is 65.0 Å². The van der Waals surface area contributed by atoms with E-state index in [-0.39, 0.29) is 12.0 Å². The molecule has 2 N–H and O–H groups in total. The molecular formula is C13H10F3N. The second-order valence-electron chi connectivity index (χ2n) is 3.71. The van der Waals surface area contributed by atoms with Crippen molar-refractivity contribution in [2.24, 2.45) is 0 Å². The molecule has 0 amide bonds. The molecule has 2 rings (SSSR count). The summed E-state index contributed by atoms with van der Waals surface area (Å²) in [4.78, 5) is 0. The standard InChI is InChI=1S/C13H10F3N/c14-10-6-5-9(12(15)13(10)16)7-8-3-1-2-4-11(8)17/h1-6H,7,17H2. The van der Waals surface area contributed by atoms with Crippen LogP contribution in [0.4, 0.5) is 18.9 Å².